The van der Waals surface area contributed by atoms with Crippen molar-refractivity contribution >= 4 is 17.9 Å². The maximum Gasteiger partial charge on any atom is 0.410 e. The second-order valence-electron chi connectivity index (χ2n) is 6.76. The number of piperidine rings is 1. The maximum atomic E-state index is 12.0. The zero-order chi connectivity index (χ0) is 16.9. The summed E-state index contributed by atoms with van der Waals surface area (Å²) in [6, 6.07) is 3.92. The van der Waals surface area contributed by atoms with Crippen molar-refractivity contribution in [2.75, 3.05) is 26.0 Å². The molecule has 0 N–H and O–H groups in total. The number of amides is 1. The highest BCUT2D eigenvalue weighted by Gasteiger charge is 2.26. The van der Waals surface area contributed by atoms with Crippen LogP contribution in [0.1, 0.15) is 33.6 Å². The van der Waals surface area contributed by atoms with Gasteiger partial charge in [0.15, 0.2) is 0 Å². The van der Waals surface area contributed by atoms with Crippen LogP contribution in [0.5, 0.6) is 5.88 Å². The number of thioether (sulfide) groups is 1. The molecule has 23 heavy (non-hydrogen) atoms. The van der Waals surface area contributed by atoms with Crippen molar-refractivity contribution in [3.8, 4) is 5.88 Å². The molecule has 1 aliphatic rings. The minimum absolute atomic E-state index is 0.192. The van der Waals surface area contributed by atoms with Crippen LogP contribution in [0.3, 0.4) is 0 Å². The molecule has 0 bridgehead atoms. The van der Waals surface area contributed by atoms with Gasteiger partial charge in [0.25, 0.3) is 0 Å². The lowest BCUT2D eigenvalue weighted by atomic mass is 9.99. The summed E-state index contributed by atoms with van der Waals surface area (Å²) in [5.41, 5.74) is -0.425. The molecule has 1 aliphatic heterocycles. The number of rotatable bonds is 4. The van der Waals surface area contributed by atoms with Crippen molar-refractivity contribution in [3.05, 3.63) is 18.3 Å². The summed E-state index contributed by atoms with van der Waals surface area (Å²) in [4.78, 5) is 19.2. The van der Waals surface area contributed by atoms with Gasteiger partial charge in [-0.25, -0.2) is 9.78 Å². The summed E-state index contributed by atoms with van der Waals surface area (Å²) in [5, 5.41) is 0. The molecule has 1 amide bonds. The quantitative estimate of drug-likeness (QED) is 0.781. The molecule has 0 aromatic carbocycles. The molecule has 0 spiro atoms. The van der Waals surface area contributed by atoms with E-state index in [4.69, 9.17) is 9.47 Å². The summed E-state index contributed by atoms with van der Waals surface area (Å²) < 4.78 is 10.5. The molecule has 1 aromatic heterocycles. The van der Waals surface area contributed by atoms with E-state index < -0.39 is 5.60 Å². The van der Waals surface area contributed by atoms with Gasteiger partial charge in [0.05, 0.1) is 7.11 Å². The van der Waals surface area contributed by atoms with Gasteiger partial charge in [0, 0.05) is 36.0 Å². The fraction of sp³-hybridized carbons (Fsp3) is 0.647. The second kappa shape index (κ2) is 7.90. The molecule has 0 aliphatic carbocycles. The van der Waals surface area contributed by atoms with Gasteiger partial charge in [-0.1, -0.05) is 0 Å². The lowest BCUT2D eigenvalue weighted by Gasteiger charge is -2.33. The first-order valence-corrected chi connectivity index (χ1v) is 8.97. The summed E-state index contributed by atoms with van der Waals surface area (Å²) >= 11 is 1.81. The number of hydrogen-bond donors (Lipinski definition) is 0. The molecule has 0 saturated carbocycles. The Hall–Kier alpha value is -1.43. The van der Waals surface area contributed by atoms with E-state index in [0.717, 1.165) is 36.6 Å². The molecule has 2 rings (SSSR count). The van der Waals surface area contributed by atoms with Crippen LogP contribution >= 0.6 is 11.8 Å². The number of ether oxygens (including phenoxy) is 2. The zero-order valence-corrected chi connectivity index (χ0v) is 15.2. The monoisotopic (exact) mass is 338 g/mol. The van der Waals surface area contributed by atoms with Crippen LogP contribution in [0, 0.1) is 5.92 Å². The Kier molecular flexibility index (Phi) is 6.16. The van der Waals surface area contributed by atoms with Gasteiger partial charge in [0.1, 0.15) is 5.60 Å². The van der Waals surface area contributed by atoms with Gasteiger partial charge in [-0.2, -0.15) is 0 Å². The Balaban J connectivity index is 1.73. The van der Waals surface area contributed by atoms with Gasteiger partial charge in [0.2, 0.25) is 5.88 Å². The number of likely N-dealkylation sites (tertiary alicyclic amines) is 1. The lowest BCUT2D eigenvalue weighted by molar-refractivity contribution is 0.0191. The summed E-state index contributed by atoms with van der Waals surface area (Å²) in [6.07, 6.45) is 3.70. The Morgan fingerprint density at radius 2 is 2.04 bits per heavy atom. The Labute approximate surface area is 142 Å². The predicted octanol–water partition coefficient (Wildman–Crippen LogP) is 3.83. The van der Waals surface area contributed by atoms with Crippen LogP contribution in [0.2, 0.25) is 0 Å². The van der Waals surface area contributed by atoms with Gasteiger partial charge >= 0.3 is 6.09 Å². The highest BCUT2D eigenvalue weighted by molar-refractivity contribution is 7.99. The Bertz CT molecular complexity index is 506. The smallest absolute Gasteiger partial charge is 0.410 e. The first-order valence-electron chi connectivity index (χ1n) is 7.98. The maximum absolute atomic E-state index is 12.0. The van der Waals surface area contributed by atoms with E-state index >= 15 is 0 Å². The van der Waals surface area contributed by atoms with Crippen LogP contribution in [0.15, 0.2) is 23.2 Å². The molecule has 1 fully saturated rings. The summed E-state index contributed by atoms with van der Waals surface area (Å²) in [6.45, 7) is 7.26. The van der Waals surface area contributed by atoms with Crippen molar-refractivity contribution in [3.63, 3.8) is 0 Å². The Morgan fingerprint density at radius 3 is 2.57 bits per heavy atom. The van der Waals surface area contributed by atoms with Crippen molar-refractivity contribution in [1.29, 1.82) is 0 Å². The van der Waals surface area contributed by atoms with E-state index in [9.17, 15) is 4.79 Å². The number of carbonyl (C=O) groups is 1. The number of pyridine rings is 1. The molecule has 2 heterocycles. The van der Waals surface area contributed by atoms with E-state index in [2.05, 4.69) is 4.98 Å². The van der Waals surface area contributed by atoms with Crippen LogP contribution in [-0.2, 0) is 4.74 Å². The van der Waals surface area contributed by atoms with Crippen LogP contribution in [0.25, 0.3) is 0 Å². The van der Waals surface area contributed by atoms with Crippen molar-refractivity contribution in [2.24, 2.45) is 5.92 Å². The minimum atomic E-state index is -0.425. The standard InChI is InChI=1S/C17H26N2O3S/c1-17(2,3)22-16(20)19-9-7-13(8-10-19)12-23-14-5-6-15(21-4)18-11-14/h5-6,11,13H,7-10,12H2,1-4H3. The third kappa shape index (κ3) is 5.94. The predicted molar refractivity (Wildman–Crippen MR) is 92.0 cm³/mol. The number of carbonyl (C=O) groups excluding carboxylic acids is 1. The van der Waals surface area contributed by atoms with Crippen molar-refractivity contribution < 1.29 is 14.3 Å². The molecule has 128 valence electrons. The van der Waals surface area contributed by atoms with Crippen molar-refractivity contribution in [1.82, 2.24) is 9.88 Å². The highest BCUT2D eigenvalue weighted by atomic mass is 32.2. The lowest BCUT2D eigenvalue weighted by Crippen LogP contribution is -2.42. The number of hydrogen-bond acceptors (Lipinski definition) is 5. The molecular weight excluding hydrogens is 312 g/mol. The normalized spacial score (nSPS) is 16.3. The summed E-state index contributed by atoms with van der Waals surface area (Å²) in [7, 11) is 1.62. The van der Waals surface area contributed by atoms with Crippen LogP contribution in [0.4, 0.5) is 4.79 Å². The third-order valence-corrected chi connectivity index (χ3v) is 4.88. The number of aromatic nitrogens is 1. The van der Waals surface area contributed by atoms with Crippen LogP contribution in [-0.4, -0.2) is 47.5 Å². The first-order chi connectivity index (χ1) is 10.9. The molecule has 6 heteroatoms. The second-order valence-corrected chi connectivity index (χ2v) is 7.85. The molecule has 5 nitrogen and oxygen atoms in total. The molecule has 0 radical (unpaired) electrons. The average Bonchev–Trinajstić information content (AvgIpc) is 2.52. The largest absolute Gasteiger partial charge is 0.481 e. The molecule has 0 unspecified atom stereocenters. The minimum Gasteiger partial charge on any atom is -0.481 e. The van der Waals surface area contributed by atoms with E-state index in [1.165, 1.54) is 0 Å². The van der Waals surface area contributed by atoms with E-state index in [1.54, 1.807) is 7.11 Å². The van der Waals surface area contributed by atoms with Gasteiger partial charge < -0.3 is 14.4 Å². The van der Waals surface area contributed by atoms with Gasteiger partial charge in [-0.05, 0) is 45.6 Å². The molecule has 1 aromatic rings. The van der Waals surface area contributed by atoms with Gasteiger partial charge in [-0.3, -0.25) is 0 Å². The number of methoxy groups -OCH3 is 1. The summed E-state index contributed by atoms with van der Waals surface area (Å²) in [5.74, 6) is 2.32. The first kappa shape index (κ1) is 17.9. The van der Waals surface area contributed by atoms with Gasteiger partial charge in [-0.15, -0.1) is 11.8 Å². The zero-order valence-electron chi connectivity index (χ0n) is 14.4. The SMILES string of the molecule is COc1ccc(SCC2CCN(C(=O)OC(C)(C)C)CC2)cn1. The highest BCUT2D eigenvalue weighted by Crippen LogP contribution is 2.27. The molecule has 1 saturated heterocycles. The van der Waals surface area contributed by atoms with E-state index in [-0.39, 0.29) is 6.09 Å². The molecular formula is C17H26N2O3S. The van der Waals surface area contributed by atoms with Crippen LogP contribution < -0.4 is 4.74 Å². The fourth-order valence-electron chi connectivity index (χ4n) is 2.40. The number of nitrogens with zero attached hydrogens (tertiary/aromatic N) is 2. The van der Waals surface area contributed by atoms with Crippen molar-refractivity contribution in [2.45, 2.75) is 44.1 Å². The molecule has 0 atom stereocenters. The average molecular weight is 338 g/mol. The third-order valence-electron chi connectivity index (χ3n) is 3.67. The van der Waals surface area contributed by atoms with E-state index in [0.29, 0.717) is 11.8 Å². The fourth-order valence-corrected chi connectivity index (χ4v) is 3.45. The Morgan fingerprint density at radius 1 is 1.35 bits per heavy atom. The topological polar surface area (TPSA) is 51.7 Å². The van der Waals surface area contributed by atoms with E-state index in [1.807, 2.05) is 55.8 Å².